The van der Waals surface area contributed by atoms with Crippen LogP contribution in [0, 0.1) is 20.8 Å². The van der Waals surface area contributed by atoms with E-state index in [1.165, 1.54) is 11.3 Å². The summed E-state index contributed by atoms with van der Waals surface area (Å²) in [7, 11) is 0. The number of thiazole rings is 1. The Hall–Kier alpha value is -2.08. The van der Waals surface area contributed by atoms with E-state index in [1.807, 2.05) is 45.0 Å². The molecule has 0 aliphatic rings. The average molecular weight is 291 g/mol. The number of aryl methyl sites for hydroxylation is 3. The molecule has 0 aliphatic carbocycles. The average Bonchev–Trinajstić information content (AvgIpc) is 2.70. The van der Waals surface area contributed by atoms with Gasteiger partial charge in [0.25, 0.3) is 0 Å². The normalized spacial score (nSPS) is 10.2. The van der Waals surface area contributed by atoms with Gasteiger partial charge in [0.1, 0.15) is 5.75 Å². The molecule has 2 amide bonds. The second-order valence-corrected chi connectivity index (χ2v) is 5.60. The minimum absolute atomic E-state index is 0.109. The lowest BCUT2D eigenvalue weighted by Gasteiger charge is -2.08. The zero-order chi connectivity index (χ0) is 14.5. The summed E-state index contributed by atoms with van der Waals surface area (Å²) in [5, 5.41) is 5.88. The first-order chi connectivity index (χ1) is 9.54. The van der Waals surface area contributed by atoms with E-state index in [1.54, 1.807) is 0 Å². The summed E-state index contributed by atoms with van der Waals surface area (Å²) in [6.45, 7) is 6.00. The number of benzene rings is 1. The summed E-state index contributed by atoms with van der Waals surface area (Å²) in [4.78, 5) is 17.0. The smallest absolute Gasteiger partial charge is 0.323 e. The number of rotatable bonds is 4. The molecule has 0 saturated carbocycles. The minimum atomic E-state index is -0.328. The van der Waals surface area contributed by atoms with E-state index in [0.717, 1.165) is 21.9 Å². The van der Waals surface area contributed by atoms with Crippen LogP contribution >= 0.6 is 11.3 Å². The van der Waals surface area contributed by atoms with Gasteiger partial charge in [-0.15, -0.1) is 11.3 Å². The molecule has 106 valence electrons. The summed E-state index contributed by atoms with van der Waals surface area (Å²) < 4.78 is 5.41. The van der Waals surface area contributed by atoms with E-state index in [-0.39, 0.29) is 12.8 Å². The van der Waals surface area contributed by atoms with E-state index in [0.29, 0.717) is 5.13 Å². The molecule has 0 aliphatic heterocycles. The van der Waals surface area contributed by atoms with Crippen LogP contribution in [0.3, 0.4) is 0 Å². The maximum Gasteiger partial charge on any atom is 0.323 e. The molecule has 2 N–H and O–H groups in total. The SMILES string of the molecule is Cc1ccc(OCNC(=O)Nc2nc(C)c(C)s2)cc1. The molecule has 2 aromatic rings. The number of hydrogen-bond donors (Lipinski definition) is 2. The Kier molecular flexibility index (Phi) is 4.57. The summed E-state index contributed by atoms with van der Waals surface area (Å²) in [6.07, 6.45) is 0. The summed E-state index contributed by atoms with van der Waals surface area (Å²) in [5.74, 6) is 0.719. The van der Waals surface area contributed by atoms with Gasteiger partial charge in [-0.25, -0.2) is 9.78 Å². The van der Waals surface area contributed by atoms with Crippen molar-refractivity contribution in [2.24, 2.45) is 0 Å². The topological polar surface area (TPSA) is 63.2 Å². The molecule has 0 unspecified atom stereocenters. The van der Waals surface area contributed by atoms with Crippen LogP contribution in [0.15, 0.2) is 24.3 Å². The molecule has 0 saturated heterocycles. The number of nitrogens with one attached hydrogen (secondary N) is 2. The monoisotopic (exact) mass is 291 g/mol. The Labute approximate surface area is 122 Å². The van der Waals surface area contributed by atoms with Crippen molar-refractivity contribution in [2.45, 2.75) is 20.8 Å². The fourth-order valence-electron chi connectivity index (χ4n) is 1.49. The quantitative estimate of drug-likeness (QED) is 0.850. The fraction of sp³-hybridized carbons (Fsp3) is 0.286. The first kappa shape index (κ1) is 14.3. The van der Waals surface area contributed by atoms with E-state index in [9.17, 15) is 4.79 Å². The molecule has 0 radical (unpaired) electrons. The van der Waals surface area contributed by atoms with Crippen LogP contribution in [-0.2, 0) is 0 Å². The van der Waals surface area contributed by atoms with Crippen molar-refractivity contribution in [1.29, 1.82) is 0 Å². The van der Waals surface area contributed by atoms with Crippen LogP contribution in [0.1, 0.15) is 16.1 Å². The van der Waals surface area contributed by atoms with E-state index in [4.69, 9.17) is 4.74 Å². The number of urea groups is 1. The van der Waals surface area contributed by atoms with Crippen LogP contribution in [0.5, 0.6) is 5.75 Å². The molecule has 0 spiro atoms. The van der Waals surface area contributed by atoms with Gasteiger partial charge < -0.3 is 10.1 Å². The van der Waals surface area contributed by atoms with Gasteiger partial charge in [0.15, 0.2) is 11.9 Å². The Balaban J connectivity index is 1.76. The van der Waals surface area contributed by atoms with Gasteiger partial charge >= 0.3 is 6.03 Å². The fourth-order valence-corrected chi connectivity index (χ4v) is 2.30. The predicted molar refractivity (Wildman–Crippen MR) is 80.4 cm³/mol. The number of anilines is 1. The Morgan fingerprint density at radius 3 is 2.55 bits per heavy atom. The first-order valence-electron chi connectivity index (χ1n) is 6.23. The molecular formula is C14H17N3O2S. The highest BCUT2D eigenvalue weighted by molar-refractivity contribution is 7.15. The van der Waals surface area contributed by atoms with Crippen molar-refractivity contribution < 1.29 is 9.53 Å². The third-order valence-corrected chi connectivity index (χ3v) is 3.73. The molecule has 2 rings (SSSR count). The molecule has 0 fully saturated rings. The van der Waals surface area contributed by atoms with Crippen molar-refractivity contribution in [3.05, 3.63) is 40.4 Å². The number of ether oxygens (including phenoxy) is 1. The molecule has 1 aromatic heterocycles. The van der Waals surface area contributed by atoms with Crippen molar-refractivity contribution in [3.63, 3.8) is 0 Å². The summed E-state index contributed by atoms with van der Waals surface area (Å²) >= 11 is 1.45. The Morgan fingerprint density at radius 2 is 1.95 bits per heavy atom. The lowest BCUT2D eigenvalue weighted by atomic mass is 10.2. The lowest BCUT2D eigenvalue weighted by molar-refractivity contribution is 0.234. The van der Waals surface area contributed by atoms with Crippen LogP contribution in [0.25, 0.3) is 0 Å². The third kappa shape index (κ3) is 3.96. The predicted octanol–water partition coefficient (Wildman–Crippen LogP) is 3.23. The van der Waals surface area contributed by atoms with Crippen LogP contribution in [0.4, 0.5) is 9.93 Å². The molecule has 20 heavy (non-hydrogen) atoms. The van der Waals surface area contributed by atoms with E-state index in [2.05, 4.69) is 15.6 Å². The first-order valence-corrected chi connectivity index (χ1v) is 7.04. The summed E-state index contributed by atoms with van der Waals surface area (Å²) in [5.41, 5.74) is 2.10. The van der Waals surface area contributed by atoms with Crippen LogP contribution in [0.2, 0.25) is 0 Å². The lowest BCUT2D eigenvalue weighted by Crippen LogP contribution is -2.31. The number of carbonyl (C=O) groups excluding carboxylic acids is 1. The van der Waals surface area contributed by atoms with Gasteiger partial charge in [-0.05, 0) is 32.9 Å². The van der Waals surface area contributed by atoms with Crippen molar-refractivity contribution in [1.82, 2.24) is 10.3 Å². The van der Waals surface area contributed by atoms with Crippen molar-refractivity contribution >= 4 is 22.5 Å². The molecule has 1 heterocycles. The van der Waals surface area contributed by atoms with Gasteiger partial charge in [-0.2, -0.15) is 0 Å². The summed E-state index contributed by atoms with van der Waals surface area (Å²) in [6, 6.07) is 7.31. The zero-order valence-corrected chi connectivity index (χ0v) is 12.5. The van der Waals surface area contributed by atoms with Gasteiger partial charge in [-0.3, -0.25) is 5.32 Å². The minimum Gasteiger partial charge on any atom is -0.473 e. The Bertz CT molecular complexity index is 573. The number of hydrogen-bond acceptors (Lipinski definition) is 4. The van der Waals surface area contributed by atoms with Gasteiger partial charge in [-0.1, -0.05) is 17.7 Å². The highest BCUT2D eigenvalue weighted by atomic mass is 32.1. The van der Waals surface area contributed by atoms with Gasteiger partial charge in [0, 0.05) is 4.88 Å². The maximum absolute atomic E-state index is 11.6. The number of nitrogens with zero attached hydrogens (tertiary/aromatic N) is 1. The van der Waals surface area contributed by atoms with Crippen LogP contribution in [-0.4, -0.2) is 17.7 Å². The highest BCUT2D eigenvalue weighted by Crippen LogP contribution is 2.20. The second-order valence-electron chi connectivity index (χ2n) is 4.39. The molecule has 1 aromatic carbocycles. The third-order valence-electron chi connectivity index (χ3n) is 2.74. The molecule has 5 nitrogen and oxygen atoms in total. The number of aromatic nitrogens is 1. The Morgan fingerprint density at radius 1 is 1.25 bits per heavy atom. The second kappa shape index (κ2) is 6.38. The van der Waals surface area contributed by atoms with Crippen molar-refractivity contribution in [2.75, 3.05) is 12.0 Å². The van der Waals surface area contributed by atoms with Gasteiger partial charge in [0.05, 0.1) is 5.69 Å². The molecular weight excluding hydrogens is 274 g/mol. The number of carbonyl (C=O) groups is 1. The largest absolute Gasteiger partial charge is 0.473 e. The van der Waals surface area contributed by atoms with E-state index < -0.39 is 0 Å². The number of amides is 2. The highest BCUT2D eigenvalue weighted by Gasteiger charge is 2.07. The molecule has 0 bridgehead atoms. The maximum atomic E-state index is 11.6. The molecule has 0 atom stereocenters. The van der Waals surface area contributed by atoms with E-state index >= 15 is 0 Å². The van der Waals surface area contributed by atoms with Gasteiger partial charge in [0.2, 0.25) is 0 Å². The van der Waals surface area contributed by atoms with Crippen LogP contribution < -0.4 is 15.4 Å². The van der Waals surface area contributed by atoms with Crippen molar-refractivity contribution in [3.8, 4) is 5.75 Å². The zero-order valence-electron chi connectivity index (χ0n) is 11.7. The molecule has 6 heteroatoms. The standard InChI is InChI=1S/C14H17N3O2S/c1-9-4-6-12(7-5-9)19-8-15-13(18)17-14-16-10(2)11(3)20-14/h4-7H,8H2,1-3H3,(H2,15,16,17,18).